The molecule has 0 saturated heterocycles. The quantitative estimate of drug-likeness (QED) is 0.732. The minimum Gasteiger partial charge on any atom is -0.361 e. The Balaban J connectivity index is 1.69. The lowest BCUT2D eigenvalue weighted by Gasteiger charge is -2.13. The van der Waals surface area contributed by atoms with Gasteiger partial charge in [0.2, 0.25) is 0 Å². The van der Waals surface area contributed by atoms with Crippen LogP contribution in [0.2, 0.25) is 0 Å². The molecule has 2 aromatic carbocycles. The molecule has 0 saturated carbocycles. The molecule has 4 rings (SSSR count). The molecule has 1 aromatic heterocycles. The number of hydrogen-bond donors (Lipinski definition) is 1. The number of H-pyrrole nitrogens is 1. The molecule has 1 N–H and O–H groups in total. The van der Waals surface area contributed by atoms with Gasteiger partial charge < -0.3 is 4.98 Å². The first-order valence-electron chi connectivity index (χ1n) is 6.75. The molecule has 0 fully saturated rings. The number of benzene rings is 2. The van der Waals surface area contributed by atoms with Crippen LogP contribution in [0.1, 0.15) is 26.3 Å². The number of nitrogens with zero attached hydrogens (tertiary/aromatic N) is 1. The van der Waals surface area contributed by atoms with E-state index < -0.39 is 0 Å². The molecule has 0 atom stereocenters. The Morgan fingerprint density at radius 3 is 2.33 bits per heavy atom. The van der Waals surface area contributed by atoms with Crippen molar-refractivity contribution < 1.29 is 9.59 Å². The van der Waals surface area contributed by atoms with E-state index in [9.17, 15) is 9.59 Å². The van der Waals surface area contributed by atoms with E-state index in [4.69, 9.17) is 0 Å². The average molecular weight is 276 g/mol. The van der Waals surface area contributed by atoms with Crippen LogP contribution in [0, 0.1) is 0 Å². The number of amides is 2. The Kier molecular flexibility index (Phi) is 2.44. The standard InChI is InChI=1S/C17H12N2O2/c20-16-13-3-1-2-4-14(13)17(21)19(16)10-11-5-6-15-12(9-11)7-8-18-15/h1-9,18H,10H2. The first-order valence-corrected chi connectivity index (χ1v) is 6.75. The molecule has 1 aliphatic heterocycles. The average Bonchev–Trinajstić information content (AvgIpc) is 3.06. The third-order valence-corrected chi connectivity index (χ3v) is 3.84. The Morgan fingerprint density at radius 1 is 0.905 bits per heavy atom. The summed E-state index contributed by atoms with van der Waals surface area (Å²) in [5, 5.41) is 1.07. The Labute approximate surface area is 121 Å². The minimum atomic E-state index is -0.218. The van der Waals surface area contributed by atoms with Crippen molar-refractivity contribution in [1.82, 2.24) is 9.88 Å². The maximum absolute atomic E-state index is 12.3. The highest BCUT2D eigenvalue weighted by molar-refractivity contribution is 6.21. The number of rotatable bonds is 2. The summed E-state index contributed by atoms with van der Waals surface area (Å²) in [4.78, 5) is 29.1. The van der Waals surface area contributed by atoms with E-state index in [2.05, 4.69) is 4.98 Å². The lowest BCUT2D eigenvalue weighted by atomic mass is 10.1. The van der Waals surface area contributed by atoms with Gasteiger partial charge in [-0.2, -0.15) is 0 Å². The van der Waals surface area contributed by atoms with Crippen molar-refractivity contribution in [3.63, 3.8) is 0 Å². The predicted octanol–water partition coefficient (Wildman–Crippen LogP) is 2.96. The summed E-state index contributed by atoms with van der Waals surface area (Å²) in [7, 11) is 0. The van der Waals surface area contributed by atoms with Gasteiger partial charge in [-0.1, -0.05) is 18.2 Å². The maximum Gasteiger partial charge on any atom is 0.261 e. The van der Waals surface area contributed by atoms with Gasteiger partial charge in [0.15, 0.2) is 0 Å². The van der Waals surface area contributed by atoms with Crippen molar-refractivity contribution >= 4 is 22.7 Å². The summed E-state index contributed by atoms with van der Waals surface area (Å²) < 4.78 is 0. The van der Waals surface area contributed by atoms with Crippen molar-refractivity contribution in [2.45, 2.75) is 6.54 Å². The Morgan fingerprint density at radius 2 is 1.62 bits per heavy atom. The van der Waals surface area contributed by atoms with Gasteiger partial charge in [-0.15, -0.1) is 0 Å². The first-order chi connectivity index (χ1) is 10.2. The van der Waals surface area contributed by atoms with Gasteiger partial charge in [-0.3, -0.25) is 14.5 Å². The van der Waals surface area contributed by atoms with Crippen molar-refractivity contribution in [3.8, 4) is 0 Å². The summed E-state index contributed by atoms with van der Waals surface area (Å²) in [5.41, 5.74) is 2.97. The third-order valence-electron chi connectivity index (χ3n) is 3.84. The SMILES string of the molecule is O=C1c2ccccc2C(=O)N1Cc1ccc2[nH]ccc2c1. The number of aromatic nitrogens is 1. The van der Waals surface area contributed by atoms with E-state index in [0.29, 0.717) is 17.7 Å². The molecule has 3 aromatic rings. The van der Waals surface area contributed by atoms with Gasteiger partial charge in [0.1, 0.15) is 0 Å². The highest BCUT2D eigenvalue weighted by atomic mass is 16.2. The Hall–Kier alpha value is -2.88. The van der Waals surface area contributed by atoms with Gasteiger partial charge in [0.05, 0.1) is 17.7 Å². The van der Waals surface area contributed by atoms with Crippen LogP contribution in [0.4, 0.5) is 0 Å². The summed E-state index contributed by atoms with van der Waals surface area (Å²) in [6.07, 6.45) is 1.87. The predicted molar refractivity (Wildman–Crippen MR) is 78.9 cm³/mol. The number of fused-ring (bicyclic) bond motifs is 2. The maximum atomic E-state index is 12.3. The van der Waals surface area contributed by atoms with E-state index >= 15 is 0 Å². The molecule has 0 aliphatic carbocycles. The van der Waals surface area contributed by atoms with Crippen LogP contribution in [-0.4, -0.2) is 21.7 Å². The van der Waals surface area contributed by atoms with Gasteiger partial charge in [0.25, 0.3) is 11.8 Å². The van der Waals surface area contributed by atoms with E-state index in [-0.39, 0.29) is 11.8 Å². The molecule has 0 unspecified atom stereocenters. The summed E-state index contributed by atoms with van der Waals surface area (Å²) in [5.74, 6) is -0.436. The molecule has 2 amide bonds. The molecular weight excluding hydrogens is 264 g/mol. The van der Waals surface area contributed by atoms with Crippen LogP contribution in [-0.2, 0) is 6.54 Å². The van der Waals surface area contributed by atoms with Crippen molar-refractivity contribution in [1.29, 1.82) is 0 Å². The largest absolute Gasteiger partial charge is 0.361 e. The van der Waals surface area contributed by atoms with Gasteiger partial charge in [0, 0.05) is 11.7 Å². The minimum absolute atomic E-state index is 0.218. The van der Waals surface area contributed by atoms with E-state index in [0.717, 1.165) is 16.5 Å². The lowest BCUT2D eigenvalue weighted by Crippen LogP contribution is -2.29. The van der Waals surface area contributed by atoms with Crippen LogP contribution < -0.4 is 0 Å². The fourth-order valence-corrected chi connectivity index (χ4v) is 2.77. The van der Waals surface area contributed by atoms with Gasteiger partial charge in [-0.05, 0) is 41.3 Å². The highest BCUT2D eigenvalue weighted by Gasteiger charge is 2.34. The van der Waals surface area contributed by atoms with Gasteiger partial charge in [-0.25, -0.2) is 0 Å². The highest BCUT2D eigenvalue weighted by Crippen LogP contribution is 2.25. The molecule has 0 spiro atoms. The molecule has 1 aliphatic rings. The number of nitrogens with one attached hydrogen (secondary N) is 1. The monoisotopic (exact) mass is 276 g/mol. The molecule has 4 heteroatoms. The molecular formula is C17H12N2O2. The topological polar surface area (TPSA) is 53.2 Å². The zero-order chi connectivity index (χ0) is 14.4. The molecule has 2 heterocycles. The van der Waals surface area contributed by atoms with Crippen molar-refractivity contribution in [3.05, 3.63) is 71.4 Å². The fourth-order valence-electron chi connectivity index (χ4n) is 2.77. The molecule has 4 nitrogen and oxygen atoms in total. The van der Waals surface area contributed by atoms with Crippen LogP contribution in [0.3, 0.4) is 0 Å². The zero-order valence-electron chi connectivity index (χ0n) is 11.2. The van der Waals surface area contributed by atoms with Crippen LogP contribution >= 0.6 is 0 Å². The van der Waals surface area contributed by atoms with Crippen LogP contribution in [0.5, 0.6) is 0 Å². The molecule has 0 radical (unpaired) electrons. The second-order valence-corrected chi connectivity index (χ2v) is 5.14. The second-order valence-electron chi connectivity index (χ2n) is 5.14. The normalized spacial score (nSPS) is 14.0. The number of carbonyl (C=O) groups is 2. The number of aromatic amines is 1. The van der Waals surface area contributed by atoms with Crippen LogP contribution in [0.15, 0.2) is 54.7 Å². The number of carbonyl (C=O) groups excluding carboxylic acids is 2. The summed E-state index contributed by atoms with van der Waals surface area (Å²) in [6, 6.07) is 14.8. The second kappa shape index (κ2) is 4.31. The summed E-state index contributed by atoms with van der Waals surface area (Å²) >= 11 is 0. The van der Waals surface area contributed by atoms with Crippen molar-refractivity contribution in [2.75, 3.05) is 0 Å². The van der Waals surface area contributed by atoms with E-state index in [1.807, 2.05) is 30.5 Å². The molecule has 0 bridgehead atoms. The fraction of sp³-hybridized carbons (Fsp3) is 0.0588. The van der Waals surface area contributed by atoms with Crippen molar-refractivity contribution in [2.24, 2.45) is 0 Å². The Bertz CT molecular complexity index is 844. The first kappa shape index (κ1) is 11.9. The van der Waals surface area contributed by atoms with E-state index in [1.54, 1.807) is 24.3 Å². The molecule has 21 heavy (non-hydrogen) atoms. The van der Waals surface area contributed by atoms with Gasteiger partial charge >= 0.3 is 0 Å². The number of hydrogen-bond acceptors (Lipinski definition) is 2. The zero-order valence-corrected chi connectivity index (χ0v) is 11.2. The van der Waals surface area contributed by atoms with E-state index in [1.165, 1.54) is 4.90 Å². The van der Waals surface area contributed by atoms with Crippen LogP contribution in [0.25, 0.3) is 10.9 Å². The molecule has 102 valence electrons. The third kappa shape index (κ3) is 1.76. The smallest absolute Gasteiger partial charge is 0.261 e. The number of imide groups is 1. The lowest BCUT2D eigenvalue weighted by molar-refractivity contribution is 0.0642. The summed E-state index contributed by atoms with van der Waals surface area (Å²) in [6.45, 7) is 0.299.